The molecule has 0 unspecified atom stereocenters. The molecule has 1 N–H and O–H groups in total. The van der Waals surface area contributed by atoms with E-state index in [-0.39, 0.29) is 0 Å². The van der Waals surface area contributed by atoms with Crippen molar-refractivity contribution in [2.45, 2.75) is 32.4 Å². The number of hydrogen-bond donors (Lipinski definition) is 1. The van der Waals surface area contributed by atoms with Crippen LogP contribution in [0.3, 0.4) is 0 Å². The first-order chi connectivity index (χ1) is 9.69. The molecule has 1 heterocycles. The van der Waals surface area contributed by atoms with Gasteiger partial charge in [-0.2, -0.15) is 0 Å². The van der Waals surface area contributed by atoms with Crippen molar-refractivity contribution in [3.63, 3.8) is 0 Å². The number of halogens is 1. The predicted molar refractivity (Wildman–Crippen MR) is 80.4 cm³/mol. The molecule has 1 saturated carbocycles. The molecule has 1 aliphatic carbocycles. The number of ether oxygens (including phenoxy) is 1. The van der Waals surface area contributed by atoms with Crippen LogP contribution in [0, 0.1) is 6.92 Å². The highest BCUT2D eigenvalue weighted by Crippen LogP contribution is 2.24. The van der Waals surface area contributed by atoms with Gasteiger partial charge in [0.1, 0.15) is 5.75 Å². The number of rotatable bonds is 5. The summed E-state index contributed by atoms with van der Waals surface area (Å²) in [6.07, 6.45) is 2.58. The van der Waals surface area contributed by atoms with Crippen LogP contribution in [0.1, 0.15) is 24.1 Å². The van der Waals surface area contributed by atoms with Crippen LogP contribution in [-0.2, 0) is 6.54 Å². The van der Waals surface area contributed by atoms with Crippen LogP contribution in [-0.4, -0.2) is 11.0 Å². The summed E-state index contributed by atoms with van der Waals surface area (Å²) in [5.41, 5.74) is 2.16. The topological polar surface area (TPSA) is 34.1 Å². The van der Waals surface area contributed by atoms with Gasteiger partial charge in [-0.05, 0) is 55.7 Å². The number of benzene rings is 1. The van der Waals surface area contributed by atoms with Crippen molar-refractivity contribution in [3.8, 4) is 11.6 Å². The largest absolute Gasteiger partial charge is 0.439 e. The minimum atomic E-state index is 0.625. The van der Waals surface area contributed by atoms with E-state index in [0.29, 0.717) is 16.9 Å². The molecule has 0 amide bonds. The Kier molecular flexibility index (Phi) is 3.90. The van der Waals surface area contributed by atoms with E-state index < -0.39 is 0 Å². The van der Waals surface area contributed by atoms with E-state index in [2.05, 4.69) is 16.4 Å². The van der Waals surface area contributed by atoms with E-state index in [1.165, 1.54) is 18.4 Å². The van der Waals surface area contributed by atoms with Gasteiger partial charge in [0.05, 0.1) is 0 Å². The van der Waals surface area contributed by atoms with E-state index in [9.17, 15) is 0 Å². The maximum Gasteiger partial charge on any atom is 0.219 e. The smallest absolute Gasteiger partial charge is 0.219 e. The van der Waals surface area contributed by atoms with Crippen molar-refractivity contribution in [1.29, 1.82) is 0 Å². The Hall–Kier alpha value is -1.58. The maximum absolute atomic E-state index is 5.86. The third kappa shape index (κ3) is 3.71. The lowest BCUT2D eigenvalue weighted by molar-refractivity contribution is 0.460. The molecular weight excluding hydrogens is 272 g/mol. The first-order valence-corrected chi connectivity index (χ1v) is 7.21. The average Bonchev–Trinajstić information content (AvgIpc) is 3.23. The van der Waals surface area contributed by atoms with E-state index in [1.807, 2.05) is 37.3 Å². The summed E-state index contributed by atoms with van der Waals surface area (Å²) in [6.45, 7) is 2.85. The lowest BCUT2D eigenvalue weighted by atomic mass is 10.2. The average molecular weight is 289 g/mol. The Balaban J connectivity index is 1.72. The minimum Gasteiger partial charge on any atom is -0.439 e. The Morgan fingerprint density at radius 3 is 2.70 bits per heavy atom. The molecule has 0 spiro atoms. The van der Waals surface area contributed by atoms with E-state index in [1.54, 1.807) is 0 Å². The molecule has 20 heavy (non-hydrogen) atoms. The van der Waals surface area contributed by atoms with E-state index >= 15 is 0 Å². The van der Waals surface area contributed by atoms with Crippen molar-refractivity contribution >= 4 is 11.6 Å². The van der Waals surface area contributed by atoms with Crippen LogP contribution in [0.15, 0.2) is 36.4 Å². The second-order valence-electron chi connectivity index (χ2n) is 5.17. The number of aryl methyl sites for hydroxylation is 1. The first kappa shape index (κ1) is 13.4. The number of aromatic nitrogens is 1. The van der Waals surface area contributed by atoms with Crippen molar-refractivity contribution < 1.29 is 4.74 Å². The number of nitrogens with one attached hydrogen (secondary N) is 1. The van der Waals surface area contributed by atoms with Crippen LogP contribution in [0.4, 0.5) is 0 Å². The number of pyridine rings is 1. The van der Waals surface area contributed by atoms with Crippen LogP contribution in [0.25, 0.3) is 0 Å². The quantitative estimate of drug-likeness (QED) is 0.900. The Morgan fingerprint density at radius 2 is 2.00 bits per heavy atom. The van der Waals surface area contributed by atoms with Crippen molar-refractivity contribution in [2.75, 3.05) is 0 Å². The standard InChI is InChI=1S/C16H17ClN2O/c1-11-8-12(10-18-14-4-5-14)9-16(19-11)20-15-6-2-13(17)3-7-15/h2-3,6-9,14,18H,4-5,10H2,1H3. The second kappa shape index (κ2) is 5.81. The van der Waals surface area contributed by atoms with Crippen LogP contribution < -0.4 is 10.1 Å². The summed E-state index contributed by atoms with van der Waals surface area (Å²) in [5, 5.41) is 4.20. The van der Waals surface area contributed by atoms with Gasteiger partial charge < -0.3 is 10.1 Å². The van der Waals surface area contributed by atoms with Crippen LogP contribution in [0.2, 0.25) is 5.02 Å². The lowest BCUT2D eigenvalue weighted by Gasteiger charge is -2.09. The maximum atomic E-state index is 5.86. The Labute approximate surface area is 123 Å². The zero-order valence-electron chi connectivity index (χ0n) is 11.4. The van der Waals surface area contributed by atoms with Gasteiger partial charge >= 0.3 is 0 Å². The zero-order chi connectivity index (χ0) is 13.9. The van der Waals surface area contributed by atoms with E-state index in [0.717, 1.165) is 18.0 Å². The third-order valence-electron chi connectivity index (χ3n) is 3.20. The van der Waals surface area contributed by atoms with Gasteiger partial charge in [0.25, 0.3) is 0 Å². The van der Waals surface area contributed by atoms with Crippen LogP contribution in [0.5, 0.6) is 11.6 Å². The Morgan fingerprint density at radius 1 is 1.25 bits per heavy atom. The predicted octanol–water partition coefficient (Wildman–Crippen LogP) is 4.09. The molecule has 4 heteroatoms. The molecule has 0 radical (unpaired) electrons. The summed E-state index contributed by atoms with van der Waals surface area (Å²) < 4.78 is 5.78. The second-order valence-corrected chi connectivity index (χ2v) is 5.60. The summed E-state index contributed by atoms with van der Waals surface area (Å²) in [7, 11) is 0. The van der Waals surface area contributed by atoms with Gasteiger partial charge in [-0.3, -0.25) is 0 Å². The molecule has 3 rings (SSSR count). The molecule has 104 valence electrons. The fourth-order valence-electron chi connectivity index (χ4n) is 2.03. The highest BCUT2D eigenvalue weighted by Gasteiger charge is 2.20. The highest BCUT2D eigenvalue weighted by molar-refractivity contribution is 6.30. The third-order valence-corrected chi connectivity index (χ3v) is 3.45. The SMILES string of the molecule is Cc1cc(CNC2CC2)cc(Oc2ccc(Cl)cc2)n1. The van der Waals surface area contributed by atoms with Gasteiger partial charge in [0.2, 0.25) is 5.88 Å². The van der Waals surface area contributed by atoms with Crippen molar-refractivity contribution in [1.82, 2.24) is 10.3 Å². The first-order valence-electron chi connectivity index (χ1n) is 6.83. The van der Waals surface area contributed by atoms with Crippen LogP contribution >= 0.6 is 11.6 Å². The molecule has 1 fully saturated rings. The minimum absolute atomic E-state index is 0.625. The summed E-state index contributed by atoms with van der Waals surface area (Å²) in [6, 6.07) is 12.1. The van der Waals surface area contributed by atoms with Gasteiger partial charge in [0, 0.05) is 29.4 Å². The van der Waals surface area contributed by atoms with Gasteiger partial charge in [0.15, 0.2) is 0 Å². The molecule has 3 nitrogen and oxygen atoms in total. The van der Waals surface area contributed by atoms with Gasteiger partial charge in [-0.1, -0.05) is 11.6 Å². The van der Waals surface area contributed by atoms with Crippen molar-refractivity contribution in [3.05, 3.63) is 52.7 Å². The number of hydrogen-bond acceptors (Lipinski definition) is 3. The molecule has 1 aliphatic rings. The molecule has 0 atom stereocenters. The molecule has 0 aliphatic heterocycles. The molecular formula is C16H17ClN2O. The Bertz CT molecular complexity index is 594. The fourth-order valence-corrected chi connectivity index (χ4v) is 2.16. The van der Waals surface area contributed by atoms with Crippen molar-refractivity contribution in [2.24, 2.45) is 0 Å². The molecule has 0 saturated heterocycles. The normalized spacial score (nSPS) is 14.3. The fraction of sp³-hybridized carbons (Fsp3) is 0.312. The van der Waals surface area contributed by atoms with Gasteiger partial charge in [-0.25, -0.2) is 4.98 Å². The molecule has 0 bridgehead atoms. The summed E-state index contributed by atoms with van der Waals surface area (Å²) in [5.74, 6) is 1.37. The monoisotopic (exact) mass is 288 g/mol. The highest BCUT2D eigenvalue weighted by atomic mass is 35.5. The molecule has 1 aromatic heterocycles. The van der Waals surface area contributed by atoms with E-state index in [4.69, 9.17) is 16.3 Å². The summed E-state index contributed by atoms with van der Waals surface area (Å²) in [4.78, 5) is 4.41. The van der Waals surface area contributed by atoms with Gasteiger partial charge in [-0.15, -0.1) is 0 Å². The summed E-state index contributed by atoms with van der Waals surface area (Å²) >= 11 is 5.86. The molecule has 1 aromatic carbocycles. The number of nitrogens with zero attached hydrogens (tertiary/aromatic N) is 1. The lowest BCUT2D eigenvalue weighted by Crippen LogP contribution is -2.15. The zero-order valence-corrected chi connectivity index (χ0v) is 12.2. The molecule has 2 aromatic rings.